The number of anilines is 1. The number of sulfonamides is 1. The quantitative estimate of drug-likeness (QED) is 0.501. The molecule has 2 heterocycles. The van der Waals surface area contributed by atoms with Gasteiger partial charge in [0.25, 0.3) is 10.0 Å². The number of hydrogen-bond acceptors (Lipinski definition) is 6. The Morgan fingerprint density at radius 2 is 1.83 bits per heavy atom. The normalized spacial score (nSPS) is 19.0. The molecular formula is C25H28F3NO6S. The van der Waals surface area contributed by atoms with Crippen LogP contribution in [0.3, 0.4) is 0 Å². The molecule has 0 aromatic heterocycles. The zero-order chi connectivity index (χ0) is 26.1. The van der Waals surface area contributed by atoms with Gasteiger partial charge in [0, 0.05) is 19.3 Å². The molecule has 196 valence electrons. The van der Waals surface area contributed by atoms with Crippen LogP contribution in [0.2, 0.25) is 0 Å². The molecule has 0 aliphatic carbocycles. The fourth-order valence-electron chi connectivity index (χ4n) is 4.56. The molecule has 1 unspecified atom stereocenters. The van der Waals surface area contributed by atoms with Crippen molar-refractivity contribution in [3.05, 3.63) is 53.1 Å². The van der Waals surface area contributed by atoms with E-state index >= 15 is 0 Å². The summed E-state index contributed by atoms with van der Waals surface area (Å²) in [6, 6.07) is 6.53. The third-order valence-electron chi connectivity index (χ3n) is 6.60. The summed E-state index contributed by atoms with van der Waals surface area (Å²) in [5.74, 6) is -0.301. The number of fused-ring (bicyclic) bond motifs is 1. The van der Waals surface area contributed by atoms with Gasteiger partial charge in [-0.05, 0) is 80.5 Å². The fourth-order valence-corrected chi connectivity index (χ4v) is 6.31. The lowest BCUT2D eigenvalue weighted by atomic mass is 9.97. The molecule has 1 atom stereocenters. The highest BCUT2D eigenvalue weighted by molar-refractivity contribution is 7.92. The van der Waals surface area contributed by atoms with Crippen LogP contribution in [0.15, 0.2) is 41.3 Å². The number of nitrogens with zero attached hydrogens (tertiary/aromatic N) is 1. The van der Waals surface area contributed by atoms with Crippen molar-refractivity contribution in [1.82, 2.24) is 0 Å². The number of methoxy groups -OCH3 is 1. The summed E-state index contributed by atoms with van der Waals surface area (Å²) in [5, 5.41) is 0. The summed E-state index contributed by atoms with van der Waals surface area (Å²) >= 11 is 0. The van der Waals surface area contributed by atoms with Gasteiger partial charge in [-0.3, -0.25) is 4.31 Å². The highest BCUT2D eigenvalue weighted by Crippen LogP contribution is 2.39. The number of benzene rings is 2. The second kappa shape index (κ2) is 10.3. The highest BCUT2D eigenvalue weighted by Gasteiger charge is 2.37. The number of ether oxygens (including phenoxy) is 3. The molecule has 0 amide bonds. The summed E-state index contributed by atoms with van der Waals surface area (Å²) in [7, 11) is -3.03. The Balaban J connectivity index is 1.68. The van der Waals surface area contributed by atoms with E-state index in [1.54, 1.807) is 6.92 Å². The Kier molecular flexibility index (Phi) is 7.51. The van der Waals surface area contributed by atoms with Gasteiger partial charge >= 0.3 is 12.1 Å². The van der Waals surface area contributed by atoms with Crippen molar-refractivity contribution in [2.45, 2.75) is 49.7 Å². The summed E-state index contributed by atoms with van der Waals surface area (Å²) in [4.78, 5) is 12.3. The zero-order valence-electron chi connectivity index (χ0n) is 20.0. The molecule has 2 aromatic carbocycles. The Labute approximate surface area is 208 Å². The van der Waals surface area contributed by atoms with Gasteiger partial charge in [-0.15, -0.1) is 0 Å². The van der Waals surface area contributed by atoms with Crippen LogP contribution in [-0.4, -0.2) is 47.4 Å². The third-order valence-corrected chi connectivity index (χ3v) is 8.53. The van der Waals surface area contributed by atoms with Crippen molar-refractivity contribution < 1.29 is 40.6 Å². The molecule has 11 heteroatoms. The molecule has 0 radical (unpaired) electrons. The van der Waals surface area contributed by atoms with Crippen molar-refractivity contribution in [1.29, 1.82) is 0 Å². The molecule has 2 aromatic rings. The molecule has 1 saturated heterocycles. The van der Waals surface area contributed by atoms with Gasteiger partial charge < -0.3 is 14.2 Å². The SMILES string of the molecule is COC(=O)c1cc(S(=O)(=O)N2c3ccc(C(F)(F)F)cc3CCC2C)ccc1OCC1CCOCC1. The van der Waals surface area contributed by atoms with Gasteiger partial charge in [-0.2, -0.15) is 13.2 Å². The third kappa shape index (κ3) is 5.31. The predicted octanol–water partition coefficient (Wildman–Crippen LogP) is 4.83. The van der Waals surface area contributed by atoms with Gasteiger partial charge in [-0.25, -0.2) is 13.2 Å². The standard InChI is InChI=1S/C25H28F3NO6S/c1-16-3-4-18-13-19(25(26,27)28)5-7-22(18)29(16)36(31,32)20-6-8-23(21(14-20)24(30)33-2)35-15-17-9-11-34-12-10-17/h5-8,13-14,16-17H,3-4,9-12,15H2,1-2H3. The molecule has 7 nitrogen and oxygen atoms in total. The second-order valence-electron chi connectivity index (χ2n) is 9.05. The van der Waals surface area contributed by atoms with Crippen LogP contribution in [0, 0.1) is 5.92 Å². The van der Waals surface area contributed by atoms with Crippen molar-refractivity contribution in [2.24, 2.45) is 5.92 Å². The maximum absolute atomic E-state index is 13.7. The van der Waals surface area contributed by atoms with E-state index in [2.05, 4.69) is 0 Å². The van der Waals surface area contributed by atoms with Crippen molar-refractivity contribution >= 4 is 21.7 Å². The minimum Gasteiger partial charge on any atom is -0.492 e. The van der Waals surface area contributed by atoms with E-state index in [1.807, 2.05) is 0 Å². The first-order valence-corrected chi connectivity index (χ1v) is 13.1. The topological polar surface area (TPSA) is 82.1 Å². The Bertz CT molecular complexity index is 1220. The maximum Gasteiger partial charge on any atom is 0.416 e. The Hall–Kier alpha value is -2.79. The van der Waals surface area contributed by atoms with E-state index in [4.69, 9.17) is 14.2 Å². The zero-order valence-corrected chi connectivity index (χ0v) is 20.8. The number of rotatable bonds is 6. The summed E-state index contributed by atoms with van der Waals surface area (Å²) in [5.41, 5.74) is -0.368. The summed E-state index contributed by atoms with van der Waals surface area (Å²) in [6.07, 6.45) is -2.22. The number of carbonyl (C=O) groups excluding carboxylic acids is 1. The Morgan fingerprint density at radius 3 is 2.50 bits per heavy atom. The van der Waals surface area contributed by atoms with E-state index in [1.165, 1.54) is 31.4 Å². The van der Waals surface area contributed by atoms with Crippen LogP contribution in [0.1, 0.15) is 47.7 Å². The van der Waals surface area contributed by atoms with Gasteiger partial charge in [0.15, 0.2) is 0 Å². The fraction of sp³-hybridized carbons (Fsp3) is 0.480. The van der Waals surface area contributed by atoms with Crippen molar-refractivity contribution in [3.63, 3.8) is 0 Å². The monoisotopic (exact) mass is 527 g/mol. The number of hydrogen-bond donors (Lipinski definition) is 0. The van der Waals surface area contributed by atoms with Gasteiger partial charge in [0.1, 0.15) is 11.3 Å². The predicted molar refractivity (Wildman–Crippen MR) is 126 cm³/mol. The first-order chi connectivity index (χ1) is 17.0. The number of carbonyl (C=O) groups is 1. The summed E-state index contributed by atoms with van der Waals surface area (Å²) < 4.78 is 84.3. The van der Waals surface area contributed by atoms with E-state index in [0.717, 1.165) is 29.3 Å². The average Bonchev–Trinajstić information content (AvgIpc) is 2.86. The molecule has 4 rings (SSSR count). The molecule has 0 saturated carbocycles. The average molecular weight is 528 g/mol. The largest absolute Gasteiger partial charge is 0.492 e. The molecule has 0 bridgehead atoms. The molecule has 2 aliphatic rings. The highest BCUT2D eigenvalue weighted by atomic mass is 32.2. The minimum atomic E-state index is -4.53. The first-order valence-electron chi connectivity index (χ1n) is 11.7. The van der Waals surface area contributed by atoms with E-state index in [0.29, 0.717) is 38.2 Å². The number of halogens is 3. The second-order valence-corrected chi connectivity index (χ2v) is 10.9. The molecule has 36 heavy (non-hydrogen) atoms. The lowest BCUT2D eigenvalue weighted by molar-refractivity contribution is -0.137. The maximum atomic E-state index is 13.7. The van der Waals surface area contributed by atoms with Gasteiger partial charge in [-0.1, -0.05) is 0 Å². The van der Waals surface area contributed by atoms with Crippen LogP contribution in [0.25, 0.3) is 0 Å². The van der Waals surface area contributed by atoms with E-state index < -0.39 is 33.8 Å². The van der Waals surface area contributed by atoms with Crippen LogP contribution in [-0.2, 0) is 32.1 Å². The van der Waals surface area contributed by atoms with Gasteiger partial charge in [0.2, 0.25) is 0 Å². The molecule has 0 spiro atoms. The first kappa shape index (κ1) is 26.3. The lowest BCUT2D eigenvalue weighted by Gasteiger charge is -2.36. The summed E-state index contributed by atoms with van der Waals surface area (Å²) in [6.45, 7) is 3.31. The Morgan fingerprint density at radius 1 is 1.11 bits per heavy atom. The van der Waals surface area contributed by atoms with Crippen molar-refractivity contribution in [2.75, 3.05) is 31.2 Å². The van der Waals surface area contributed by atoms with Crippen LogP contribution >= 0.6 is 0 Å². The van der Waals surface area contributed by atoms with Crippen LogP contribution < -0.4 is 9.04 Å². The van der Waals surface area contributed by atoms with Crippen molar-refractivity contribution in [3.8, 4) is 5.75 Å². The lowest BCUT2D eigenvalue weighted by Crippen LogP contribution is -2.42. The van der Waals surface area contributed by atoms with E-state index in [9.17, 15) is 26.4 Å². The minimum absolute atomic E-state index is 0.0389. The molecular weight excluding hydrogens is 499 g/mol. The molecule has 1 fully saturated rings. The van der Waals surface area contributed by atoms with E-state index in [-0.39, 0.29) is 27.8 Å². The smallest absolute Gasteiger partial charge is 0.416 e. The van der Waals surface area contributed by atoms with Crippen LogP contribution in [0.5, 0.6) is 5.75 Å². The van der Waals surface area contributed by atoms with Crippen LogP contribution in [0.4, 0.5) is 18.9 Å². The molecule has 0 N–H and O–H groups in total. The number of esters is 1. The number of aryl methyl sites for hydroxylation is 1. The number of alkyl halides is 3. The van der Waals surface area contributed by atoms with Gasteiger partial charge in [0.05, 0.1) is 29.9 Å². The molecule has 2 aliphatic heterocycles.